The largest absolute Gasteiger partial charge is 0.708 e. The van der Waals surface area contributed by atoms with Gasteiger partial charge in [-0.3, -0.25) is 4.68 Å². The molecule has 2 N–H and O–H groups in total. The van der Waals surface area contributed by atoms with Crippen molar-refractivity contribution in [2.24, 2.45) is 0 Å². The van der Waals surface area contributed by atoms with Crippen LogP contribution in [0, 0.1) is 0 Å². The van der Waals surface area contributed by atoms with Crippen LogP contribution in [0.1, 0.15) is 26.5 Å². The number of carbonyl (C=O) groups excluding carboxylic acids is 1. The third-order valence-corrected chi connectivity index (χ3v) is 2.65. The summed E-state index contributed by atoms with van der Waals surface area (Å²) < 4.78 is 11.7. The van der Waals surface area contributed by atoms with Crippen molar-refractivity contribution in [1.29, 1.82) is 0 Å². The Morgan fingerprint density at radius 1 is 1.40 bits per heavy atom. The van der Waals surface area contributed by atoms with Crippen molar-refractivity contribution < 1.29 is 24.2 Å². The van der Waals surface area contributed by atoms with Crippen molar-refractivity contribution in [2.75, 3.05) is 6.54 Å². The third-order valence-electron chi connectivity index (χ3n) is 2.65. The second kappa shape index (κ2) is 5.33. The van der Waals surface area contributed by atoms with Crippen LogP contribution in [0.5, 0.6) is 5.88 Å². The SMILES string of the molecule is CC(C)(C)OC(=O)N1CCn2nc(OB(O)O)cc2C1. The van der Waals surface area contributed by atoms with E-state index in [1.807, 2.05) is 20.8 Å². The number of hydrogen-bond donors (Lipinski definition) is 2. The highest BCUT2D eigenvalue weighted by atomic mass is 16.6. The highest BCUT2D eigenvalue weighted by Gasteiger charge is 2.27. The molecule has 0 saturated carbocycles. The first-order valence-corrected chi connectivity index (χ1v) is 6.32. The topological polar surface area (TPSA) is 97.1 Å². The molecule has 110 valence electrons. The summed E-state index contributed by atoms with van der Waals surface area (Å²) in [6.45, 7) is 6.76. The first-order chi connectivity index (χ1) is 9.24. The average molecular weight is 283 g/mol. The quantitative estimate of drug-likeness (QED) is 0.740. The van der Waals surface area contributed by atoms with Gasteiger partial charge in [-0.15, -0.1) is 5.10 Å². The monoisotopic (exact) mass is 283 g/mol. The van der Waals surface area contributed by atoms with Gasteiger partial charge >= 0.3 is 13.4 Å². The Morgan fingerprint density at radius 2 is 2.10 bits per heavy atom. The maximum absolute atomic E-state index is 12.0. The van der Waals surface area contributed by atoms with Gasteiger partial charge in [0.1, 0.15) is 5.60 Å². The van der Waals surface area contributed by atoms with Gasteiger partial charge in [0.15, 0.2) is 0 Å². The lowest BCUT2D eigenvalue weighted by molar-refractivity contribution is 0.0194. The Balaban J connectivity index is 2.03. The molecule has 0 saturated heterocycles. The lowest BCUT2D eigenvalue weighted by Crippen LogP contribution is -2.41. The van der Waals surface area contributed by atoms with Crippen molar-refractivity contribution in [1.82, 2.24) is 14.7 Å². The van der Waals surface area contributed by atoms with E-state index in [0.29, 0.717) is 19.6 Å². The minimum Gasteiger partial charge on any atom is -0.497 e. The van der Waals surface area contributed by atoms with Gasteiger partial charge in [-0.1, -0.05) is 0 Å². The minimum atomic E-state index is -1.91. The van der Waals surface area contributed by atoms with E-state index in [9.17, 15) is 4.79 Å². The molecule has 0 spiro atoms. The van der Waals surface area contributed by atoms with Gasteiger partial charge in [0, 0.05) is 12.6 Å². The van der Waals surface area contributed by atoms with E-state index in [-0.39, 0.29) is 12.0 Å². The van der Waals surface area contributed by atoms with Gasteiger partial charge in [-0.25, -0.2) is 4.79 Å². The van der Waals surface area contributed by atoms with Gasteiger partial charge < -0.3 is 24.3 Å². The summed E-state index contributed by atoms with van der Waals surface area (Å²) in [5.74, 6) is 0.112. The number of carbonyl (C=O) groups is 1. The van der Waals surface area contributed by atoms with Gasteiger partial charge in [-0.2, -0.15) is 0 Å². The molecular weight excluding hydrogens is 265 g/mol. The number of fused-ring (bicyclic) bond motifs is 1. The number of amides is 1. The number of hydrogen-bond acceptors (Lipinski definition) is 6. The molecule has 0 bridgehead atoms. The molecule has 0 aliphatic carbocycles. The normalized spacial score (nSPS) is 14.8. The van der Waals surface area contributed by atoms with Crippen LogP contribution in [-0.2, 0) is 17.8 Å². The van der Waals surface area contributed by atoms with Crippen LogP contribution in [0.4, 0.5) is 4.79 Å². The molecule has 2 rings (SSSR count). The molecule has 20 heavy (non-hydrogen) atoms. The number of ether oxygens (including phenoxy) is 1. The van der Waals surface area contributed by atoms with Crippen LogP contribution < -0.4 is 4.65 Å². The molecule has 1 aliphatic heterocycles. The fraction of sp³-hybridized carbons (Fsp3) is 0.636. The third kappa shape index (κ3) is 3.64. The summed E-state index contributed by atoms with van der Waals surface area (Å²) in [6, 6.07) is 1.57. The van der Waals surface area contributed by atoms with Crippen LogP contribution in [0.25, 0.3) is 0 Å². The van der Waals surface area contributed by atoms with E-state index in [1.54, 1.807) is 15.6 Å². The Morgan fingerprint density at radius 3 is 2.70 bits per heavy atom. The van der Waals surface area contributed by atoms with E-state index in [2.05, 4.69) is 9.75 Å². The van der Waals surface area contributed by atoms with Crippen molar-refractivity contribution >= 4 is 13.4 Å². The van der Waals surface area contributed by atoms with Crippen LogP contribution in [-0.4, -0.2) is 50.3 Å². The predicted octanol–water partition coefficient (Wildman–Crippen LogP) is -0.0179. The lowest BCUT2D eigenvalue weighted by Gasteiger charge is -2.30. The minimum absolute atomic E-state index is 0.112. The zero-order chi connectivity index (χ0) is 14.9. The van der Waals surface area contributed by atoms with Gasteiger partial charge in [-0.05, 0) is 20.8 Å². The zero-order valence-electron chi connectivity index (χ0n) is 11.7. The van der Waals surface area contributed by atoms with Gasteiger partial charge in [0.25, 0.3) is 0 Å². The molecule has 8 nitrogen and oxygen atoms in total. The second-order valence-electron chi connectivity index (χ2n) is 5.54. The summed E-state index contributed by atoms with van der Waals surface area (Å²) in [6.07, 6.45) is -0.380. The van der Waals surface area contributed by atoms with Crippen molar-refractivity contribution in [3.05, 3.63) is 11.8 Å². The van der Waals surface area contributed by atoms with Crippen molar-refractivity contribution in [3.63, 3.8) is 0 Å². The smallest absolute Gasteiger partial charge is 0.497 e. The maximum Gasteiger partial charge on any atom is 0.708 e. The van der Waals surface area contributed by atoms with E-state index >= 15 is 0 Å². The van der Waals surface area contributed by atoms with Crippen LogP contribution in [0.2, 0.25) is 0 Å². The highest BCUT2D eigenvalue weighted by molar-refractivity contribution is 6.33. The predicted molar refractivity (Wildman–Crippen MR) is 69.7 cm³/mol. The average Bonchev–Trinajstić information content (AvgIpc) is 2.66. The fourth-order valence-corrected chi connectivity index (χ4v) is 1.89. The summed E-state index contributed by atoms with van der Waals surface area (Å²) in [5.41, 5.74) is 0.210. The van der Waals surface area contributed by atoms with E-state index in [1.165, 1.54) is 0 Å². The maximum atomic E-state index is 12.0. The summed E-state index contributed by atoms with van der Waals surface area (Å²) in [7, 11) is -1.91. The Labute approximate surface area is 117 Å². The molecule has 1 amide bonds. The summed E-state index contributed by atoms with van der Waals surface area (Å²) in [5, 5.41) is 21.5. The van der Waals surface area contributed by atoms with Crippen LogP contribution >= 0.6 is 0 Å². The number of aromatic nitrogens is 2. The first kappa shape index (κ1) is 14.7. The molecule has 1 aromatic rings. The van der Waals surface area contributed by atoms with Gasteiger partial charge in [0.2, 0.25) is 5.88 Å². The Kier molecular flexibility index (Phi) is 3.91. The summed E-state index contributed by atoms with van der Waals surface area (Å²) in [4.78, 5) is 13.5. The molecule has 0 fully saturated rings. The summed E-state index contributed by atoms with van der Waals surface area (Å²) >= 11 is 0. The first-order valence-electron chi connectivity index (χ1n) is 6.32. The van der Waals surface area contributed by atoms with E-state index in [0.717, 1.165) is 5.69 Å². The molecular formula is C11H18BN3O5. The van der Waals surface area contributed by atoms with E-state index < -0.39 is 12.9 Å². The molecule has 0 atom stereocenters. The highest BCUT2D eigenvalue weighted by Crippen LogP contribution is 2.20. The zero-order valence-corrected chi connectivity index (χ0v) is 11.7. The van der Waals surface area contributed by atoms with Crippen molar-refractivity contribution in [3.8, 4) is 5.88 Å². The Bertz CT molecular complexity index is 497. The molecule has 0 radical (unpaired) electrons. The van der Waals surface area contributed by atoms with E-state index in [4.69, 9.17) is 14.8 Å². The molecule has 0 unspecified atom stereocenters. The van der Waals surface area contributed by atoms with Gasteiger partial charge in [0.05, 0.1) is 18.8 Å². The fourth-order valence-electron chi connectivity index (χ4n) is 1.89. The molecule has 2 heterocycles. The molecule has 1 aromatic heterocycles. The van der Waals surface area contributed by atoms with Crippen molar-refractivity contribution in [2.45, 2.75) is 39.5 Å². The van der Waals surface area contributed by atoms with Crippen LogP contribution in [0.15, 0.2) is 6.07 Å². The molecule has 9 heteroatoms. The molecule has 0 aromatic carbocycles. The second-order valence-corrected chi connectivity index (χ2v) is 5.54. The lowest BCUT2D eigenvalue weighted by atomic mass is 10.2. The number of nitrogens with zero attached hydrogens (tertiary/aromatic N) is 3. The molecule has 1 aliphatic rings. The Hall–Kier alpha value is -1.74. The standard InChI is InChI=1S/C11H18BN3O5/c1-11(2,3)19-10(16)14-4-5-15-8(7-14)6-9(13-15)20-12(17)18/h6,17-18H,4-5,7H2,1-3H3. The van der Waals surface area contributed by atoms with Crippen LogP contribution in [0.3, 0.4) is 0 Å². The number of rotatable bonds is 2.